The van der Waals surface area contributed by atoms with Crippen molar-refractivity contribution in [2.75, 3.05) is 13.7 Å². The van der Waals surface area contributed by atoms with Crippen molar-refractivity contribution in [3.05, 3.63) is 60.1 Å². The van der Waals surface area contributed by atoms with Crippen LogP contribution in [0.1, 0.15) is 33.1 Å². The lowest BCUT2D eigenvalue weighted by molar-refractivity contribution is 0.304. The monoisotopic (exact) mass is 328 g/mol. The standard InChI is InChI=1S/C21H32N2O/c1-5-16(3)17(8-10-22)12-15(2)13-18-9-11-23-21-7-6-19(24-4)14-20(18)21/h5-7,9,11,14-17,21,23H,1,8,10,12-13,22H2,2-4H3. The average Bonchev–Trinajstić information content (AvgIpc) is 2.60. The van der Waals surface area contributed by atoms with Crippen LogP contribution in [0.5, 0.6) is 0 Å². The highest BCUT2D eigenvalue weighted by Gasteiger charge is 2.22. The average molecular weight is 328 g/mol. The van der Waals surface area contributed by atoms with Gasteiger partial charge in [-0.05, 0) is 79.1 Å². The van der Waals surface area contributed by atoms with E-state index >= 15 is 0 Å². The molecule has 2 rings (SSSR count). The first-order valence-electron chi connectivity index (χ1n) is 9.01. The lowest BCUT2D eigenvalue weighted by Gasteiger charge is -2.29. The van der Waals surface area contributed by atoms with Gasteiger partial charge in [0.1, 0.15) is 5.76 Å². The second-order valence-electron chi connectivity index (χ2n) is 7.05. The van der Waals surface area contributed by atoms with E-state index in [2.05, 4.69) is 56.2 Å². The van der Waals surface area contributed by atoms with Crippen molar-refractivity contribution >= 4 is 0 Å². The molecule has 4 unspecified atom stereocenters. The van der Waals surface area contributed by atoms with Gasteiger partial charge in [0.05, 0.1) is 13.2 Å². The SMILES string of the molecule is C=CC(C)C(CCN)CC(C)CC1=C2C=C(OC)C=CC2NC=C1. The van der Waals surface area contributed by atoms with Crippen LogP contribution in [-0.4, -0.2) is 19.7 Å². The van der Waals surface area contributed by atoms with Gasteiger partial charge in [-0.1, -0.05) is 26.0 Å². The van der Waals surface area contributed by atoms with E-state index in [1.165, 1.54) is 17.6 Å². The fourth-order valence-corrected chi connectivity index (χ4v) is 3.66. The zero-order chi connectivity index (χ0) is 17.5. The summed E-state index contributed by atoms with van der Waals surface area (Å²) in [4.78, 5) is 0. The van der Waals surface area contributed by atoms with Gasteiger partial charge in [0.15, 0.2) is 0 Å². The molecule has 1 aliphatic carbocycles. The predicted molar refractivity (Wildman–Crippen MR) is 102 cm³/mol. The Morgan fingerprint density at radius 2 is 2.17 bits per heavy atom. The van der Waals surface area contributed by atoms with Crippen LogP contribution < -0.4 is 11.1 Å². The molecule has 1 aliphatic heterocycles. The number of methoxy groups -OCH3 is 1. The Hall–Kier alpha value is -1.74. The Morgan fingerprint density at radius 3 is 2.83 bits per heavy atom. The molecule has 2 aliphatic rings. The summed E-state index contributed by atoms with van der Waals surface area (Å²) in [7, 11) is 1.72. The van der Waals surface area contributed by atoms with Gasteiger partial charge < -0.3 is 15.8 Å². The first-order chi connectivity index (χ1) is 11.6. The summed E-state index contributed by atoms with van der Waals surface area (Å²) in [6, 6.07) is 0.267. The molecule has 1 heterocycles. The van der Waals surface area contributed by atoms with Crippen LogP contribution in [0.15, 0.2) is 60.1 Å². The van der Waals surface area contributed by atoms with Crippen molar-refractivity contribution in [1.82, 2.24) is 5.32 Å². The number of nitrogens with one attached hydrogen (secondary N) is 1. The molecule has 0 aromatic carbocycles. The van der Waals surface area contributed by atoms with E-state index in [1.54, 1.807) is 7.11 Å². The molecule has 0 aromatic heterocycles. The van der Waals surface area contributed by atoms with Crippen LogP contribution in [0.3, 0.4) is 0 Å². The van der Waals surface area contributed by atoms with Crippen molar-refractivity contribution < 1.29 is 4.74 Å². The quantitative estimate of drug-likeness (QED) is 0.627. The molecule has 0 bridgehead atoms. The van der Waals surface area contributed by atoms with Gasteiger partial charge in [-0.2, -0.15) is 0 Å². The minimum atomic E-state index is 0.267. The number of nitrogens with two attached hydrogens (primary N) is 1. The van der Waals surface area contributed by atoms with Crippen LogP contribution in [0.25, 0.3) is 0 Å². The van der Waals surface area contributed by atoms with Gasteiger partial charge >= 0.3 is 0 Å². The normalized spacial score (nSPS) is 23.0. The molecule has 3 heteroatoms. The van der Waals surface area contributed by atoms with Crippen molar-refractivity contribution in [2.24, 2.45) is 23.5 Å². The van der Waals surface area contributed by atoms with Gasteiger partial charge in [0, 0.05) is 0 Å². The number of ether oxygens (including phenoxy) is 1. The maximum atomic E-state index is 5.81. The molecular weight excluding hydrogens is 296 g/mol. The first-order valence-corrected chi connectivity index (χ1v) is 9.01. The zero-order valence-electron chi connectivity index (χ0n) is 15.3. The highest BCUT2D eigenvalue weighted by atomic mass is 16.5. The first kappa shape index (κ1) is 18.6. The lowest BCUT2D eigenvalue weighted by Crippen LogP contribution is -2.29. The maximum Gasteiger partial charge on any atom is 0.119 e. The van der Waals surface area contributed by atoms with E-state index in [0.717, 1.165) is 25.1 Å². The molecule has 132 valence electrons. The van der Waals surface area contributed by atoms with Crippen molar-refractivity contribution in [2.45, 2.75) is 39.2 Å². The second kappa shape index (κ2) is 8.93. The fraction of sp³-hybridized carbons (Fsp3) is 0.524. The minimum absolute atomic E-state index is 0.267. The molecule has 3 N–H and O–H groups in total. The Morgan fingerprint density at radius 1 is 1.38 bits per heavy atom. The molecule has 4 atom stereocenters. The van der Waals surface area contributed by atoms with E-state index in [0.29, 0.717) is 17.8 Å². The van der Waals surface area contributed by atoms with Crippen LogP contribution in [0, 0.1) is 17.8 Å². The molecule has 0 fully saturated rings. The number of fused-ring (bicyclic) bond motifs is 1. The van der Waals surface area contributed by atoms with Gasteiger partial charge in [-0.15, -0.1) is 6.58 Å². The topological polar surface area (TPSA) is 47.3 Å². The Labute approximate surface area is 147 Å². The zero-order valence-corrected chi connectivity index (χ0v) is 15.3. The Kier molecular flexibility index (Phi) is 6.92. The number of hydrogen-bond donors (Lipinski definition) is 2. The van der Waals surface area contributed by atoms with Gasteiger partial charge in [-0.3, -0.25) is 0 Å². The summed E-state index contributed by atoms with van der Waals surface area (Å²) in [5, 5.41) is 3.40. The third-order valence-corrected chi connectivity index (χ3v) is 5.18. The van der Waals surface area contributed by atoms with Gasteiger partial charge in [0.25, 0.3) is 0 Å². The molecular formula is C21H32N2O. The largest absolute Gasteiger partial charge is 0.497 e. The van der Waals surface area contributed by atoms with E-state index in [-0.39, 0.29) is 6.04 Å². The van der Waals surface area contributed by atoms with Crippen molar-refractivity contribution in [3.63, 3.8) is 0 Å². The fourth-order valence-electron chi connectivity index (χ4n) is 3.66. The van der Waals surface area contributed by atoms with E-state index in [9.17, 15) is 0 Å². The highest BCUT2D eigenvalue weighted by molar-refractivity contribution is 5.48. The summed E-state index contributed by atoms with van der Waals surface area (Å²) in [5.74, 6) is 2.67. The van der Waals surface area contributed by atoms with Crippen LogP contribution in [0.4, 0.5) is 0 Å². The highest BCUT2D eigenvalue weighted by Crippen LogP contribution is 2.32. The Balaban J connectivity index is 2.09. The van der Waals surface area contributed by atoms with E-state index in [1.807, 2.05) is 6.08 Å². The molecule has 0 spiro atoms. The molecule has 0 saturated carbocycles. The van der Waals surface area contributed by atoms with Crippen molar-refractivity contribution in [3.8, 4) is 0 Å². The molecule has 24 heavy (non-hydrogen) atoms. The molecule has 0 saturated heterocycles. The van der Waals surface area contributed by atoms with Gasteiger partial charge in [0.2, 0.25) is 0 Å². The van der Waals surface area contributed by atoms with Crippen LogP contribution in [-0.2, 0) is 4.74 Å². The maximum absolute atomic E-state index is 5.81. The molecule has 0 aromatic rings. The second-order valence-corrected chi connectivity index (χ2v) is 7.05. The molecule has 0 radical (unpaired) electrons. The predicted octanol–water partition coefficient (Wildman–Crippen LogP) is 4.07. The lowest BCUT2D eigenvalue weighted by atomic mass is 9.80. The number of allylic oxidation sites excluding steroid dienone is 4. The summed E-state index contributed by atoms with van der Waals surface area (Å²) in [6.07, 6.45) is 16.0. The summed E-state index contributed by atoms with van der Waals surface area (Å²) in [5.41, 5.74) is 8.54. The summed E-state index contributed by atoms with van der Waals surface area (Å²) < 4.78 is 5.40. The van der Waals surface area contributed by atoms with Crippen molar-refractivity contribution in [1.29, 1.82) is 0 Å². The smallest absolute Gasteiger partial charge is 0.119 e. The van der Waals surface area contributed by atoms with E-state index in [4.69, 9.17) is 10.5 Å². The van der Waals surface area contributed by atoms with Crippen LogP contribution in [0.2, 0.25) is 0 Å². The number of dihydropyridines is 1. The Bertz CT molecular complexity index is 556. The number of rotatable bonds is 9. The summed E-state index contributed by atoms with van der Waals surface area (Å²) in [6.45, 7) is 9.31. The third kappa shape index (κ3) is 4.64. The minimum Gasteiger partial charge on any atom is -0.497 e. The third-order valence-electron chi connectivity index (χ3n) is 5.18. The molecule has 3 nitrogen and oxygen atoms in total. The number of hydrogen-bond acceptors (Lipinski definition) is 3. The van der Waals surface area contributed by atoms with Gasteiger partial charge in [-0.25, -0.2) is 0 Å². The summed E-state index contributed by atoms with van der Waals surface area (Å²) >= 11 is 0. The van der Waals surface area contributed by atoms with E-state index < -0.39 is 0 Å². The molecule has 0 amide bonds. The van der Waals surface area contributed by atoms with Crippen LogP contribution >= 0.6 is 0 Å².